The van der Waals surface area contributed by atoms with Crippen LogP contribution in [0.2, 0.25) is 3.43 Å². The van der Waals surface area contributed by atoms with Crippen molar-refractivity contribution in [2.75, 3.05) is 0 Å². The van der Waals surface area contributed by atoms with Crippen LogP contribution in [-0.2, 0) is 0 Å². The third-order valence-corrected chi connectivity index (χ3v) is 3.39. The number of hydrogen-bond donors (Lipinski definition) is 0. The van der Waals surface area contributed by atoms with Gasteiger partial charge in [-0.1, -0.05) is 0 Å². The molecule has 0 aliphatic rings. The quantitative estimate of drug-likeness (QED) is 0.572. The molecule has 0 heterocycles. The third kappa shape index (κ3) is 3.39. The van der Waals surface area contributed by atoms with E-state index in [-0.39, 0.29) is 0 Å². The van der Waals surface area contributed by atoms with Gasteiger partial charge in [0.05, 0.1) is 0 Å². The first-order valence-corrected chi connectivity index (χ1v) is 4.38. The second kappa shape index (κ2) is 2.38. The summed E-state index contributed by atoms with van der Waals surface area (Å²) in [6.07, 6.45) is 0. The molecule has 0 rings (SSSR count). The molecule has 2 radical (unpaired) electrons. The van der Waals surface area contributed by atoms with E-state index in [1.54, 1.807) is 0 Å². The van der Waals surface area contributed by atoms with Gasteiger partial charge in [0.25, 0.3) is 0 Å². The first-order valence-electron chi connectivity index (χ1n) is 2.73. The van der Waals surface area contributed by atoms with Crippen LogP contribution in [0.3, 0.4) is 0 Å². The van der Waals surface area contributed by atoms with E-state index in [2.05, 4.69) is 27.7 Å². The molecule has 7 heavy (non-hydrogen) atoms. The van der Waals surface area contributed by atoms with Crippen molar-refractivity contribution < 1.29 is 0 Å². The van der Waals surface area contributed by atoms with Crippen LogP contribution in [-0.4, -0.2) is 22.5 Å². The monoisotopic (exact) mass is 206 g/mol. The predicted molar refractivity (Wildman–Crippen MR) is 36.0 cm³/mol. The summed E-state index contributed by atoms with van der Waals surface area (Å²) >= 11 is 1.37. The summed E-state index contributed by atoms with van der Waals surface area (Å²) in [6.45, 7) is 9.20. The Labute approximate surface area is 59.8 Å². The zero-order valence-electron chi connectivity index (χ0n) is 5.65. The van der Waals surface area contributed by atoms with Gasteiger partial charge in [-0.2, -0.15) is 0 Å². The minimum atomic E-state index is 0.630. The topological polar surface area (TPSA) is 0 Å². The zero-order valence-corrected chi connectivity index (χ0v) is 8.95. The summed E-state index contributed by atoms with van der Waals surface area (Å²) in [7, 11) is 0. The van der Waals surface area contributed by atoms with Crippen LogP contribution in [0.15, 0.2) is 0 Å². The molecule has 0 N–H and O–H groups in total. The van der Waals surface area contributed by atoms with Gasteiger partial charge in [-0.15, -0.1) is 0 Å². The van der Waals surface area contributed by atoms with Crippen molar-refractivity contribution in [1.82, 2.24) is 0 Å². The predicted octanol–water partition coefficient (Wildman–Crippen LogP) is 1.74. The van der Waals surface area contributed by atoms with E-state index >= 15 is 0 Å². The van der Waals surface area contributed by atoms with Gasteiger partial charge in [0.2, 0.25) is 0 Å². The normalized spacial score (nSPS) is 12.9. The molecule has 1 heteroatoms. The molecule has 0 nitrogen and oxygen atoms in total. The van der Waals surface area contributed by atoms with Crippen molar-refractivity contribution in [3.05, 3.63) is 0 Å². The maximum absolute atomic E-state index is 2.32. The van der Waals surface area contributed by atoms with Crippen molar-refractivity contribution in [2.45, 2.75) is 31.1 Å². The van der Waals surface area contributed by atoms with Crippen molar-refractivity contribution in [3.63, 3.8) is 0 Å². The molecule has 0 aliphatic carbocycles. The van der Waals surface area contributed by atoms with Gasteiger partial charge in [0, 0.05) is 0 Å². The van der Waals surface area contributed by atoms with Crippen LogP contribution in [0.25, 0.3) is 0 Å². The van der Waals surface area contributed by atoms with Gasteiger partial charge < -0.3 is 0 Å². The maximum atomic E-state index is 2.32. The first kappa shape index (κ1) is 7.80. The molecule has 0 aromatic carbocycles. The molecule has 42 valence electrons. The number of hydrogen-bond acceptors (Lipinski definition) is 0. The number of rotatable bonds is 1. The Hall–Kier alpha value is 0.799. The Morgan fingerprint density at radius 1 is 1.29 bits per heavy atom. The van der Waals surface area contributed by atoms with Gasteiger partial charge in [-0.25, -0.2) is 0 Å². The summed E-state index contributed by atoms with van der Waals surface area (Å²) in [5.41, 5.74) is 0. The average molecular weight is 205 g/mol. The standard InChI is InChI=1S/C6H13.Sn.H/c1-5(2)6(3)4;;/h5H,1-4H3;;. The van der Waals surface area contributed by atoms with Crippen molar-refractivity contribution >= 4 is 22.5 Å². The summed E-state index contributed by atoms with van der Waals surface area (Å²) < 4.78 is 0.630. The van der Waals surface area contributed by atoms with Crippen LogP contribution < -0.4 is 0 Å². The summed E-state index contributed by atoms with van der Waals surface area (Å²) in [4.78, 5) is 0. The summed E-state index contributed by atoms with van der Waals surface area (Å²) in [5.74, 6) is 0.856. The molecule has 0 fully saturated rings. The van der Waals surface area contributed by atoms with E-state index in [0.717, 1.165) is 5.92 Å². The van der Waals surface area contributed by atoms with Crippen LogP contribution in [0, 0.1) is 5.92 Å². The van der Waals surface area contributed by atoms with Crippen LogP contribution in [0.5, 0.6) is 0 Å². The fourth-order valence-electron chi connectivity index (χ4n) is 0. The molecular formula is C6H14Sn. The van der Waals surface area contributed by atoms with E-state index < -0.39 is 0 Å². The van der Waals surface area contributed by atoms with Gasteiger partial charge in [0.15, 0.2) is 0 Å². The molecule has 0 spiro atoms. The van der Waals surface area contributed by atoms with E-state index in [9.17, 15) is 0 Å². The van der Waals surface area contributed by atoms with E-state index in [1.807, 2.05) is 0 Å². The SMILES string of the molecule is CC(C)[C](C)(C)[SnH]. The minimum absolute atomic E-state index is 0.630. The van der Waals surface area contributed by atoms with Crippen LogP contribution in [0.1, 0.15) is 27.7 Å². The summed E-state index contributed by atoms with van der Waals surface area (Å²) in [6, 6.07) is 0. The average Bonchev–Trinajstić information content (AvgIpc) is 1.31. The molecule has 0 amide bonds. The molecule has 0 unspecified atom stereocenters. The van der Waals surface area contributed by atoms with Crippen molar-refractivity contribution in [3.8, 4) is 0 Å². The van der Waals surface area contributed by atoms with Gasteiger partial charge in [0.1, 0.15) is 0 Å². The van der Waals surface area contributed by atoms with Crippen molar-refractivity contribution in [2.24, 2.45) is 5.92 Å². The molecule has 0 saturated carbocycles. The van der Waals surface area contributed by atoms with E-state index in [0.29, 0.717) is 3.43 Å². The van der Waals surface area contributed by atoms with E-state index in [1.165, 1.54) is 22.5 Å². The van der Waals surface area contributed by atoms with Gasteiger partial charge >= 0.3 is 59.6 Å². The van der Waals surface area contributed by atoms with Crippen molar-refractivity contribution in [1.29, 1.82) is 0 Å². The molecular weight excluding hydrogens is 191 g/mol. The first-order chi connectivity index (χ1) is 2.94. The Kier molecular flexibility index (Phi) is 2.65. The summed E-state index contributed by atoms with van der Waals surface area (Å²) in [5, 5.41) is 0. The van der Waals surface area contributed by atoms with E-state index in [4.69, 9.17) is 0 Å². The Bertz CT molecular complexity index is 49.7. The molecule has 0 aromatic rings. The fraction of sp³-hybridized carbons (Fsp3) is 1.00. The fourth-order valence-corrected chi connectivity index (χ4v) is 0. The second-order valence-electron chi connectivity index (χ2n) is 2.98. The Morgan fingerprint density at radius 3 is 1.43 bits per heavy atom. The Balaban J connectivity index is 3.54. The molecule has 0 atom stereocenters. The molecule has 0 saturated heterocycles. The van der Waals surface area contributed by atoms with Gasteiger partial charge in [-0.3, -0.25) is 0 Å². The second-order valence-corrected chi connectivity index (χ2v) is 7.22. The third-order valence-electron chi connectivity index (χ3n) is 1.49. The molecule has 0 bridgehead atoms. The van der Waals surface area contributed by atoms with Gasteiger partial charge in [-0.05, 0) is 0 Å². The molecule has 0 aliphatic heterocycles. The Morgan fingerprint density at radius 2 is 1.43 bits per heavy atom. The zero-order chi connectivity index (χ0) is 6.08. The molecule has 0 aromatic heterocycles. The van der Waals surface area contributed by atoms with Crippen LogP contribution in [0.4, 0.5) is 0 Å². The van der Waals surface area contributed by atoms with Crippen LogP contribution >= 0.6 is 0 Å².